The summed E-state index contributed by atoms with van der Waals surface area (Å²) in [6.45, 7) is 7.37. The molecule has 158 valence electrons. The van der Waals surface area contributed by atoms with Crippen LogP contribution in [0, 0.1) is 5.41 Å². The maximum atomic E-state index is 14.3. The van der Waals surface area contributed by atoms with Crippen molar-refractivity contribution in [2.75, 3.05) is 6.54 Å². The zero-order valence-electron chi connectivity index (χ0n) is 17.0. The molecule has 0 saturated carbocycles. The van der Waals surface area contributed by atoms with Gasteiger partial charge in [-0.1, -0.05) is 40.5 Å². The highest BCUT2D eigenvalue weighted by molar-refractivity contribution is 6.13. The maximum Gasteiger partial charge on any atom is 0.425 e. The summed E-state index contributed by atoms with van der Waals surface area (Å²) in [5.41, 5.74) is -4.28. The molecule has 28 heavy (non-hydrogen) atoms. The van der Waals surface area contributed by atoms with Crippen LogP contribution in [-0.2, 0) is 14.4 Å². The number of carbonyl (C=O) groups is 3. The molecule has 2 amide bonds. The summed E-state index contributed by atoms with van der Waals surface area (Å²) >= 11 is 0. The summed E-state index contributed by atoms with van der Waals surface area (Å²) in [4.78, 5) is 39.3. The first kappa shape index (κ1) is 22.4. The minimum atomic E-state index is -5.11. The first-order chi connectivity index (χ1) is 12.9. The summed E-state index contributed by atoms with van der Waals surface area (Å²) in [5.74, 6) is -2.84. The van der Waals surface area contributed by atoms with E-state index in [4.69, 9.17) is 0 Å². The van der Waals surface area contributed by atoms with Gasteiger partial charge in [0.25, 0.3) is 5.91 Å². The normalized spacial score (nSPS) is 24.6. The average Bonchev–Trinajstić information content (AvgIpc) is 2.79. The van der Waals surface area contributed by atoms with Crippen LogP contribution in [0.3, 0.4) is 0 Å². The van der Waals surface area contributed by atoms with E-state index in [1.165, 1.54) is 0 Å². The molecule has 0 unspecified atom stereocenters. The average molecular weight is 402 g/mol. The molecule has 1 aliphatic carbocycles. The first-order valence-corrected chi connectivity index (χ1v) is 9.87. The Morgan fingerprint density at radius 3 is 2.25 bits per heavy atom. The fourth-order valence-corrected chi connectivity index (χ4v) is 3.99. The number of hydrogen-bond acceptors (Lipinski definition) is 3. The van der Waals surface area contributed by atoms with Gasteiger partial charge < -0.3 is 10.2 Å². The quantitative estimate of drug-likeness (QED) is 0.703. The minimum Gasteiger partial charge on any atom is -0.330 e. The Morgan fingerprint density at radius 1 is 1.11 bits per heavy atom. The Morgan fingerprint density at radius 2 is 1.71 bits per heavy atom. The number of allylic oxidation sites excluding steroid dienone is 1. The van der Waals surface area contributed by atoms with Crippen molar-refractivity contribution >= 4 is 17.6 Å². The molecule has 0 aromatic heterocycles. The fourth-order valence-electron chi connectivity index (χ4n) is 3.99. The van der Waals surface area contributed by atoms with E-state index in [2.05, 4.69) is 0 Å². The number of alkyl halides is 3. The highest BCUT2D eigenvalue weighted by Gasteiger charge is 2.71. The maximum absolute atomic E-state index is 14.3. The SMILES string of the molecule is CCCCC(=O)N[C@]1(C(F)(F)F)C(=O)N(CCCC)C2=C1C(=O)CC(C)(C)C2. The van der Waals surface area contributed by atoms with Gasteiger partial charge in [-0.15, -0.1) is 0 Å². The number of halogens is 3. The Labute approximate surface area is 163 Å². The lowest BCUT2D eigenvalue weighted by Gasteiger charge is -2.35. The third-order valence-electron chi connectivity index (χ3n) is 5.36. The topological polar surface area (TPSA) is 66.5 Å². The van der Waals surface area contributed by atoms with E-state index in [-0.39, 0.29) is 31.5 Å². The van der Waals surface area contributed by atoms with Crippen LogP contribution in [0.25, 0.3) is 0 Å². The van der Waals surface area contributed by atoms with Gasteiger partial charge in [0.1, 0.15) is 0 Å². The van der Waals surface area contributed by atoms with Crippen molar-refractivity contribution in [3.8, 4) is 0 Å². The first-order valence-electron chi connectivity index (χ1n) is 9.87. The zero-order valence-corrected chi connectivity index (χ0v) is 17.0. The van der Waals surface area contributed by atoms with Gasteiger partial charge in [0, 0.05) is 25.1 Å². The van der Waals surface area contributed by atoms with Crippen LogP contribution >= 0.6 is 0 Å². The largest absolute Gasteiger partial charge is 0.425 e. The van der Waals surface area contributed by atoms with E-state index in [9.17, 15) is 27.6 Å². The van der Waals surface area contributed by atoms with Crippen molar-refractivity contribution < 1.29 is 27.6 Å². The van der Waals surface area contributed by atoms with Crippen LogP contribution in [-0.4, -0.2) is 40.8 Å². The van der Waals surface area contributed by atoms with Gasteiger partial charge in [-0.3, -0.25) is 14.4 Å². The highest BCUT2D eigenvalue weighted by atomic mass is 19.4. The van der Waals surface area contributed by atoms with Crippen molar-refractivity contribution in [3.63, 3.8) is 0 Å². The summed E-state index contributed by atoms with van der Waals surface area (Å²) in [7, 11) is 0. The van der Waals surface area contributed by atoms with Gasteiger partial charge >= 0.3 is 6.18 Å². The monoisotopic (exact) mass is 402 g/mol. The van der Waals surface area contributed by atoms with E-state index in [1.54, 1.807) is 13.8 Å². The molecule has 1 aliphatic heterocycles. The molecule has 2 rings (SSSR count). The van der Waals surface area contributed by atoms with Gasteiger partial charge in [0.2, 0.25) is 11.4 Å². The van der Waals surface area contributed by atoms with Crippen LogP contribution < -0.4 is 5.32 Å². The number of hydrogen-bond donors (Lipinski definition) is 1. The van der Waals surface area contributed by atoms with Gasteiger partial charge in [-0.2, -0.15) is 13.2 Å². The summed E-state index contributed by atoms with van der Waals surface area (Å²) in [6, 6.07) is 0. The lowest BCUT2D eigenvalue weighted by molar-refractivity contribution is -0.194. The minimum absolute atomic E-state index is 0.0939. The third kappa shape index (κ3) is 3.82. The van der Waals surface area contributed by atoms with E-state index in [1.807, 2.05) is 19.2 Å². The van der Waals surface area contributed by atoms with Gasteiger partial charge in [-0.25, -0.2) is 0 Å². The third-order valence-corrected chi connectivity index (χ3v) is 5.36. The summed E-state index contributed by atoms with van der Waals surface area (Å²) < 4.78 is 43.0. The van der Waals surface area contributed by atoms with Gasteiger partial charge in [0.15, 0.2) is 5.78 Å². The van der Waals surface area contributed by atoms with Crippen molar-refractivity contribution in [2.24, 2.45) is 5.41 Å². The van der Waals surface area contributed by atoms with E-state index in [0.717, 1.165) is 4.90 Å². The van der Waals surface area contributed by atoms with Crippen LogP contribution in [0.2, 0.25) is 0 Å². The smallest absolute Gasteiger partial charge is 0.330 e. The fraction of sp³-hybridized carbons (Fsp3) is 0.750. The number of nitrogens with zero attached hydrogens (tertiary/aromatic N) is 1. The standard InChI is InChI=1S/C20H29F3N2O3/c1-5-7-9-15(27)24-19(20(21,22)23)16-13(11-18(3,4)12-14(16)26)25(17(19)28)10-8-6-2/h5-12H2,1-4H3,(H,24,27)/t19-/m0/s1. The van der Waals surface area contributed by atoms with Gasteiger partial charge in [0.05, 0.1) is 5.57 Å². The Hall–Kier alpha value is -1.86. The van der Waals surface area contributed by atoms with E-state index in [0.29, 0.717) is 25.7 Å². The molecule has 5 nitrogen and oxygen atoms in total. The molecule has 0 radical (unpaired) electrons. The second-order valence-corrected chi connectivity index (χ2v) is 8.47. The second kappa shape index (κ2) is 7.87. The Bertz CT molecular complexity index is 697. The predicted molar refractivity (Wildman–Crippen MR) is 98.1 cm³/mol. The highest BCUT2D eigenvalue weighted by Crippen LogP contribution is 2.51. The van der Waals surface area contributed by atoms with Crippen molar-refractivity contribution in [1.82, 2.24) is 10.2 Å². The number of ketones is 1. The van der Waals surface area contributed by atoms with Crippen LogP contribution in [0.4, 0.5) is 13.2 Å². The van der Waals surface area contributed by atoms with Gasteiger partial charge in [-0.05, 0) is 24.7 Å². The number of Topliss-reactive ketones (excluding diaryl/α,β-unsaturated/α-hetero) is 1. The molecular formula is C20H29F3N2O3. The number of amides is 2. The van der Waals surface area contributed by atoms with Crippen molar-refractivity contribution in [3.05, 3.63) is 11.3 Å². The lowest BCUT2D eigenvalue weighted by atomic mass is 9.72. The molecule has 0 aromatic carbocycles. The number of carbonyl (C=O) groups excluding carboxylic acids is 3. The Kier molecular flexibility index (Phi) is 6.31. The molecule has 1 N–H and O–H groups in total. The molecule has 1 atom stereocenters. The lowest BCUT2D eigenvalue weighted by Crippen LogP contribution is -2.66. The van der Waals surface area contributed by atoms with E-state index >= 15 is 0 Å². The zero-order chi connectivity index (χ0) is 21.3. The van der Waals surface area contributed by atoms with Crippen LogP contribution in [0.5, 0.6) is 0 Å². The molecule has 0 bridgehead atoms. The summed E-state index contributed by atoms with van der Waals surface area (Å²) in [6.07, 6.45) is -2.91. The number of rotatable bonds is 7. The molecule has 8 heteroatoms. The molecule has 2 aliphatic rings. The molecular weight excluding hydrogens is 373 g/mol. The van der Waals surface area contributed by atoms with Crippen molar-refractivity contribution in [1.29, 1.82) is 0 Å². The Balaban J connectivity index is 2.62. The van der Waals surface area contributed by atoms with Crippen molar-refractivity contribution in [2.45, 2.75) is 84.4 Å². The summed E-state index contributed by atoms with van der Waals surface area (Å²) in [5, 5.41) is 1.95. The number of nitrogens with one attached hydrogen (secondary N) is 1. The predicted octanol–water partition coefficient (Wildman–Crippen LogP) is 3.88. The molecule has 0 fully saturated rings. The molecule has 1 heterocycles. The number of unbranched alkanes of at least 4 members (excludes halogenated alkanes) is 2. The second-order valence-electron chi connectivity index (χ2n) is 8.47. The van der Waals surface area contributed by atoms with E-state index < -0.39 is 40.3 Å². The molecule has 0 aromatic rings. The molecule has 0 saturated heterocycles. The van der Waals surface area contributed by atoms with Crippen LogP contribution in [0.1, 0.15) is 72.6 Å². The molecule has 0 spiro atoms. The van der Waals surface area contributed by atoms with Crippen LogP contribution in [0.15, 0.2) is 11.3 Å².